The van der Waals surface area contributed by atoms with Gasteiger partial charge in [0.1, 0.15) is 10.7 Å². The SMILES string of the molecule is Cc1nn(C)c2ncc(NC(=O)CSCc3nc4sc5c(c4c(=O)[nH]3)CCCC5)cc12. The van der Waals surface area contributed by atoms with Crippen molar-refractivity contribution in [2.24, 2.45) is 7.05 Å². The molecule has 0 radical (unpaired) electrons. The van der Waals surface area contributed by atoms with E-state index in [-0.39, 0.29) is 17.2 Å². The van der Waals surface area contributed by atoms with E-state index in [9.17, 15) is 9.59 Å². The number of thioether (sulfide) groups is 1. The molecule has 4 aromatic heterocycles. The summed E-state index contributed by atoms with van der Waals surface area (Å²) in [5.74, 6) is 1.22. The molecule has 0 spiro atoms. The number of nitrogens with one attached hydrogen (secondary N) is 2. The quantitative estimate of drug-likeness (QED) is 0.479. The van der Waals surface area contributed by atoms with Gasteiger partial charge in [0.05, 0.1) is 34.5 Å². The van der Waals surface area contributed by atoms with E-state index in [1.807, 2.05) is 20.0 Å². The third-order valence-electron chi connectivity index (χ3n) is 5.49. The van der Waals surface area contributed by atoms with Crippen LogP contribution >= 0.6 is 23.1 Å². The number of hydrogen-bond donors (Lipinski definition) is 2. The lowest BCUT2D eigenvalue weighted by atomic mass is 9.97. The van der Waals surface area contributed by atoms with E-state index in [0.717, 1.165) is 46.2 Å². The highest BCUT2D eigenvalue weighted by Crippen LogP contribution is 2.33. The molecule has 0 aliphatic heterocycles. The summed E-state index contributed by atoms with van der Waals surface area (Å²) in [6, 6.07) is 1.89. The van der Waals surface area contributed by atoms with Crippen molar-refractivity contribution in [2.75, 3.05) is 11.1 Å². The van der Waals surface area contributed by atoms with E-state index in [0.29, 0.717) is 17.3 Å². The zero-order chi connectivity index (χ0) is 21.5. The molecule has 0 bridgehead atoms. The molecule has 2 N–H and O–H groups in total. The Morgan fingerprint density at radius 3 is 3.06 bits per heavy atom. The maximum atomic E-state index is 12.6. The Morgan fingerprint density at radius 1 is 1.35 bits per heavy atom. The Balaban J connectivity index is 1.23. The van der Waals surface area contributed by atoms with Crippen LogP contribution in [0, 0.1) is 6.92 Å². The molecule has 31 heavy (non-hydrogen) atoms. The molecule has 0 saturated heterocycles. The second kappa shape index (κ2) is 8.08. The number of rotatable bonds is 5. The number of carbonyl (C=O) groups is 1. The number of aromatic amines is 1. The molecule has 10 heteroatoms. The number of anilines is 1. The van der Waals surface area contributed by atoms with Gasteiger partial charge in [-0.05, 0) is 44.2 Å². The number of H-pyrrole nitrogens is 1. The van der Waals surface area contributed by atoms with Crippen LogP contribution in [0.3, 0.4) is 0 Å². The minimum Gasteiger partial charge on any atom is -0.324 e. The van der Waals surface area contributed by atoms with Crippen LogP contribution in [0.1, 0.15) is 34.8 Å². The molecule has 0 fully saturated rings. The van der Waals surface area contributed by atoms with Gasteiger partial charge in [-0.3, -0.25) is 14.3 Å². The van der Waals surface area contributed by atoms with Crippen molar-refractivity contribution < 1.29 is 4.79 Å². The third kappa shape index (κ3) is 3.85. The standard InChI is InChI=1S/C21H22N6O2S2/c1-11-14-7-12(8-22-19(14)27(2)26-11)23-17(28)10-30-9-16-24-20(29)18-13-5-3-4-6-15(13)31-21(18)25-16/h7-8H,3-6,9-10H2,1-2H3,(H,23,28)(H,24,25,29). The number of fused-ring (bicyclic) bond motifs is 4. The number of amides is 1. The summed E-state index contributed by atoms with van der Waals surface area (Å²) in [5.41, 5.74) is 3.43. The second-order valence-corrected chi connectivity index (χ2v) is 9.82. The van der Waals surface area contributed by atoms with E-state index >= 15 is 0 Å². The predicted molar refractivity (Wildman–Crippen MR) is 125 cm³/mol. The average Bonchev–Trinajstić information content (AvgIpc) is 3.25. The lowest BCUT2D eigenvalue weighted by molar-refractivity contribution is -0.113. The van der Waals surface area contributed by atoms with E-state index in [2.05, 4.69) is 25.4 Å². The smallest absolute Gasteiger partial charge is 0.259 e. The molecule has 1 amide bonds. The highest BCUT2D eigenvalue weighted by Gasteiger charge is 2.19. The number of carbonyl (C=O) groups excluding carboxylic acids is 1. The van der Waals surface area contributed by atoms with E-state index in [4.69, 9.17) is 0 Å². The summed E-state index contributed by atoms with van der Waals surface area (Å²) in [7, 11) is 1.85. The molecule has 160 valence electrons. The Hall–Kier alpha value is -2.72. The summed E-state index contributed by atoms with van der Waals surface area (Å²) < 4.78 is 1.72. The highest BCUT2D eigenvalue weighted by atomic mass is 32.2. The number of aryl methyl sites for hydroxylation is 4. The Kier molecular flexibility index (Phi) is 5.27. The van der Waals surface area contributed by atoms with Gasteiger partial charge >= 0.3 is 0 Å². The van der Waals surface area contributed by atoms with Crippen molar-refractivity contribution in [3.63, 3.8) is 0 Å². The van der Waals surface area contributed by atoms with Gasteiger partial charge in [-0.1, -0.05) is 0 Å². The third-order valence-corrected chi connectivity index (χ3v) is 7.62. The minimum absolute atomic E-state index is 0.0596. The topological polar surface area (TPSA) is 106 Å². The van der Waals surface area contributed by atoms with Gasteiger partial charge in [-0.25, -0.2) is 9.97 Å². The van der Waals surface area contributed by atoms with Gasteiger partial charge < -0.3 is 10.3 Å². The molecule has 4 aromatic rings. The van der Waals surface area contributed by atoms with Crippen LogP contribution in [0.15, 0.2) is 17.1 Å². The largest absolute Gasteiger partial charge is 0.324 e. The van der Waals surface area contributed by atoms with E-state index < -0.39 is 0 Å². The normalized spacial score (nSPS) is 13.6. The molecule has 0 saturated carbocycles. The molecule has 0 unspecified atom stereocenters. The number of pyridine rings is 1. The summed E-state index contributed by atoms with van der Waals surface area (Å²) in [6.45, 7) is 1.92. The van der Waals surface area contributed by atoms with Gasteiger partial charge in [-0.15, -0.1) is 23.1 Å². The molecular formula is C21H22N6O2S2. The molecule has 4 heterocycles. The van der Waals surface area contributed by atoms with Crippen molar-refractivity contribution in [3.05, 3.63) is 44.6 Å². The fourth-order valence-electron chi connectivity index (χ4n) is 4.09. The predicted octanol–water partition coefficient (Wildman–Crippen LogP) is 3.33. The molecule has 0 atom stereocenters. The molecule has 1 aliphatic carbocycles. The molecule has 5 rings (SSSR count). The van der Waals surface area contributed by atoms with Gasteiger partial charge in [0.15, 0.2) is 5.65 Å². The van der Waals surface area contributed by atoms with E-state index in [1.165, 1.54) is 28.6 Å². The van der Waals surface area contributed by atoms with Gasteiger partial charge in [0.25, 0.3) is 5.56 Å². The fourth-order valence-corrected chi connectivity index (χ4v) is 6.06. The van der Waals surface area contributed by atoms with Crippen molar-refractivity contribution in [1.29, 1.82) is 0 Å². The van der Waals surface area contributed by atoms with Crippen molar-refractivity contribution >= 4 is 55.9 Å². The average molecular weight is 455 g/mol. The summed E-state index contributed by atoms with van der Waals surface area (Å²) >= 11 is 3.06. The minimum atomic E-state index is -0.122. The molecule has 8 nitrogen and oxygen atoms in total. The maximum Gasteiger partial charge on any atom is 0.259 e. The lowest BCUT2D eigenvalue weighted by Gasteiger charge is -2.09. The van der Waals surface area contributed by atoms with Crippen LogP contribution in [0.2, 0.25) is 0 Å². The van der Waals surface area contributed by atoms with Crippen molar-refractivity contribution in [1.82, 2.24) is 24.7 Å². The van der Waals surface area contributed by atoms with Crippen molar-refractivity contribution in [2.45, 2.75) is 38.4 Å². The summed E-state index contributed by atoms with van der Waals surface area (Å²) in [4.78, 5) is 39.1. The number of aromatic nitrogens is 5. The van der Waals surface area contributed by atoms with Crippen LogP contribution in [0.25, 0.3) is 21.3 Å². The fraction of sp³-hybridized carbons (Fsp3) is 0.381. The van der Waals surface area contributed by atoms with Crippen molar-refractivity contribution in [3.8, 4) is 0 Å². The van der Waals surface area contributed by atoms with Crippen LogP contribution in [-0.4, -0.2) is 36.4 Å². The summed E-state index contributed by atoms with van der Waals surface area (Å²) in [6.07, 6.45) is 5.95. The number of nitrogens with zero attached hydrogens (tertiary/aromatic N) is 4. The molecule has 0 aromatic carbocycles. The first-order chi connectivity index (χ1) is 15.0. The Morgan fingerprint density at radius 2 is 2.19 bits per heavy atom. The lowest BCUT2D eigenvalue weighted by Crippen LogP contribution is -2.15. The van der Waals surface area contributed by atoms with Crippen LogP contribution < -0.4 is 10.9 Å². The first kappa shape index (κ1) is 20.2. The monoisotopic (exact) mass is 454 g/mol. The Bertz CT molecular complexity index is 1370. The zero-order valence-corrected chi connectivity index (χ0v) is 19.0. The summed E-state index contributed by atoms with van der Waals surface area (Å²) in [5, 5.41) is 8.91. The van der Waals surface area contributed by atoms with Gasteiger partial charge in [0.2, 0.25) is 5.91 Å². The zero-order valence-electron chi connectivity index (χ0n) is 17.3. The number of thiophene rings is 1. The molecule has 1 aliphatic rings. The maximum absolute atomic E-state index is 12.6. The van der Waals surface area contributed by atoms with Gasteiger partial charge in [-0.2, -0.15) is 5.10 Å². The van der Waals surface area contributed by atoms with Crippen LogP contribution in [0.4, 0.5) is 5.69 Å². The van der Waals surface area contributed by atoms with Gasteiger partial charge in [0, 0.05) is 17.3 Å². The van der Waals surface area contributed by atoms with Crippen LogP contribution in [0.5, 0.6) is 0 Å². The highest BCUT2D eigenvalue weighted by molar-refractivity contribution is 7.99. The van der Waals surface area contributed by atoms with Crippen LogP contribution in [-0.2, 0) is 30.4 Å². The first-order valence-corrected chi connectivity index (χ1v) is 12.2. The molecular weight excluding hydrogens is 432 g/mol. The number of hydrogen-bond acceptors (Lipinski definition) is 7. The van der Waals surface area contributed by atoms with E-state index in [1.54, 1.807) is 22.2 Å². The Labute approximate surface area is 186 Å². The second-order valence-electron chi connectivity index (χ2n) is 7.75. The first-order valence-electron chi connectivity index (χ1n) is 10.2.